The normalized spacial score (nSPS) is 13.6. The molecule has 0 fully saturated rings. The number of carbonyl (C=O) groups is 1. The Balaban J connectivity index is 3.58. The second kappa shape index (κ2) is 53.9. The zero-order valence-corrected chi connectivity index (χ0v) is 42.9. The molecule has 0 aromatic carbocycles. The van der Waals surface area contributed by atoms with Crippen LogP contribution in [-0.2, 0) is 4.79 Å². The Morgan fingerprint density at radius 2 is 0.641 bits per heavy atom. The van der Waals surface area contributed by atoms with Crippen molar-refractivity contribution in [1.29, 1.82) is 0 Å². The van der Waals surface area contributed by atoms with Gasteiger partial charge in [0.15, 0.2) is 0 Å². The van der Waals surface area contributed by atoms with Crippen molar-refractivity contribution in [2.75, 3.05) is 6.61 Å². The second-order valence-corrected chi connectivity index (χ2v) is 19.5. The van der Waals surface area contributed by atoms with Gasteiger partial charge in [-0.25, -0.2) is 0 Å². The van der Waals surface area contributed by atoms with Crippen LogP contribution in [0.2, 0.25) is 0 Å². The molecule has 0 aliphatic rings. The Bertz CT molecular complexity index is 1040. The number of aliphatic hydroxyl groups excluding tert-OH is 3. The van der Waals surface area contributed by atoms with Crippen molar-refractivity contribution < 1.29 is 20.1 Å². The minimum atomic E-state index is -1.11. The SMILES string of the molecule is CCCCCCCCCCC/C=C/CC/C=C/CC/C=C/C(O)C(CO)NC(=O)C(O)CCCCCCCCCCCCCCCCC/C=C\CCCCCCCCCCCCCC. The average molecular weight is 899 g/mol. The van der Waals surface area contributed by atoms with Gasteiger partial charge >= 0.3 is 0 Å². The summed E-state index contributed by atoms with van der Waals surface area (Å²) in [6.07, 6.45) is 72.0. The maximum Gasteiger partial charge on any atom is 0.249 e. The third-order valence-electron chi connectivity index (χ3n) is 13.1. The molecule has 0 aromatic heterocycles. The minimum Gasteiger partial charge on any atom is -0.394 e. The van der Waals surface area contributed by atoms with Crippen molar-refractivity contribution in [3.05, 3.63) is 48.6 Å². The number of unbranched alkanes of at least 4 members (excludes halogenated alkanes) is 38. The van der Waals surface area contributed by atoms with E-state index < -0.39 is 24.2 Å². The molecular formula is C59H111NO4. The zero-order valence-electron chi connectivity index (χ0n) is 42.9. The van der Waals surface area contributed by atoms with E-state index in [4.69, 9.17) is 0 Å². The summed E-state index contributed by atoms with van der Waals surface area (Å²) in [6.45, 7) is 4.19. The molecule has 0 saturated carbocycles. The first-order chi connectivity index (χ1) is 31.6. The van der Waals surface area contributed by atoms with Crippen LogP contribution >= 0.6 is 0 Å². The fraction of sp³-hybridized carbons (Fsp3) is 0.847. The third-order valence-corrected chi connectivity index (χ3v) is 13.1. The molecule has 0 radical (unpaired) electrons. The molecule has 0 aliphatic carbocycles. The fourth-order valence-electron chi connectivity index (χ4n) is 8.68. The molecule has 0 aliphatic heterocycles. The van der Waals surface area contributed by atoms with Crippen LogP contribution in [0.25, 0.3) is 0 Å². The lowest BCUT2D eigenvalue weighted by atomic mass is 10.0. The number of rotatable bonds is 52. The minimum absolute atomic E-state index is 0.381. The van der Waals surface area contributed by atoms with Crippen LogP contribution in [0.4, 0.5) is 0 Å². The summed E-state index contributed by atoms with van der Waals surface area (Å²) in [4.78, 5) is 12.5. The first-order valence-corrected chi connectivity index (χ1v) is 28.5. The van der Waals surface area contributed by atoms with E-state index in [0.29, 0.717) is 6.42 Å². The molecule has 0 rings (SSSR count). The first kappa shape index (κ1) is 62.3. The zero-order chi connectivity index (χ0) is 46.5. The molecule has 0 aromatic rings. The average Bonchev–Trinajstić information content (AvgIpc) is 3.30. The fourth-order valence-corrected chi connectivity index (χ4v) is 8.68. The van der Waals surface area contributed by atoms with Gasteiger partial charge in [-0.15, -0.1) is 0 Å². The third kappa shape index (κ3) is 48.2. The lowest BCUT2D eigenvalue weighted by molar-refractivity contribution is -0.131. The molecule has 1 amide bonds. The predicted molar refractivity (Wildman–Crippen MR) is 282 cm³/mol. The maximum atomic E-state index is 12.5. The van der Waals surface area contributed by atoms with E-state index in [0.717, 1.165) is 44.9 Å². The highest BCUT2D eigenvalue weighted by Gasteiger charge is 2.22. The largest absolute Gasteiger partial charge is 0.394 e. The van der Waals surface area contributed by atoms with Crippen LogP contribution < -0.4 is 5.32 Å². The molecule has 0 bridgehead atoms. The first-order valence-electron chi connectivity index (χ1n) is 28.5. The summed E-state index contributed by atoms with van der Waals surface area (Å²) in [5.41, 5.74) is 0. The summed E-state index contributed by atoms with van der Waals surface area (Å²) < 4.78 is 0. The van der Waals surface area contributed by atoms with Crippen molar-refractivity contribution >= 4 is 5.91 Å². The van der Waals surface area contributed by atoms with Gasteiger partial charge in [0, 0.05) is 0 Å². The second-order valence-electron chi connectivity index (χ2n) is 19.5. The van der Waals surface area contributed by atoms with Crippen LogP contribution in [0.5, 0.6) is 0 Å². The molecule has 5 heteroatoms. The van der Waals surface area contributed by atoms with Gasteiger partial charge in [-0.2, -0.15) is 0 Å². The molecule has 3 atom stereocenters. The highest BCUT2D eigenvalue weighted by Crippen LogP contribution is 2.17. The van der Waals surface area contributed by atoms with Crippen molar-refractivity contribution in [3.63, 3.8) is 0 Å². The van der Waals surface area contributed by atoms with Gasteiger partial charge in [0.05, 0.1) is 18.8 Å². The summed E-state index contributed by atoms with van der Waals surface area (Å²) in [5, 5.41) is 33.3. The van der Waals surface area contributed by atoms with Crippen molar-refractivity contribution in [3.8, 4) is 0 Å². The molecule has 4 N–H and O–H groups in total. The maximum absolute atomic E-state index is 12.5. The van der Waals surface area contributed by atoms with Gasteiger partial charge in [-0.05, 0) is 70.6 Å². The van der Waals surface area contributed by atoms with Crippen LogP contribution in [0.3, 0.4) is 0 Å². The number of nitrogens with one attached hydrogen (secondary N) is 1. The monoisotopic (exact) mass is 898 g/mol. The molecule has 64 heavy (non-hydrogen) atoms. The van der Waals surface area contributed by atoms with Gasteiger partial charge in [0.1, 0.15) is 6.10 Å². The lowest BCUT2D eigenvalue weighted by Crippen LogP contribution is -2.48. The van der Waals surface area contributed by atoms with E-state index in [2.05, 4.69) is 55.6 Å². The Morgan fingerprint density at radius 1 is 0.375 bits per heavy atom. The van der Waals surface area contributed by atoms with Crippen molar-refractivity contribution in [2.24, 2.45) is 0 Å². The number of amides is 1. The number of hydrogen-bond donors (Lipinski definition) is 4. The molecule has 0 saturated heterocycles. The Morgan fingerprint density at radius 3 is 0.953 bits per heavy atom. The number of hydrogen-bond acceptors (Lipinski definition) is 4. The van der Waals surface area contributed by atoms with Crippen molar-refractivity contribution in [1.82, 2.24) is 5.32 Å². The highest BCUT2D eigenvalue weighted by molar-refractivity contribution is 5.80. The predicted octanol–water partition coefficient (Wildman–Crippen LogP) is 17.6. The number of carbonyl (C=O) groups excluding carboxylic acids is 1. The van der Waals surface area contributed by atoms with E-state index in [1.807, 2.05) is 6.08 Å². The van der Waals surface area contributed by atoms with E-state index in [1.54, 1.807) is 6.08 Å². The van der Waals surface area contributed by atoms with Crippen LogP contribution in [0.1, 0.15) is 296 Å². The number of aliphatic hydroxyl groups is 3. The Labute approximate surface area is 399 Å². The quantitative estimate of drug-likeness (QED) is 0.0362. The Kier molecular flexibility index (Phi) is 52.5. The highest BCUT2D eigenvalue weighted by atomic mass is 16.3. The van der Waals surface area contributed by atoms with E-state index in [1.165, 1.54) is 231 Å². The number of allylic oxidation sites excluding steroid dienone is 7. The molecular weight excluding hydrogens is 787 g/mol. The standard InChI is InChI=1S/C59H111NO4/c1-3-5-7-9-11-13-15-17-19-21-23-24-25-26-27-28-29-30-31-32-33-34-36-38-40-42-44-46-48-50-52-54-58(63)59(64)60-56(55-61)57(62)53-51-49-47-45-43-41-39-37-35-22-20-18-16-14-12-10-8-6-4-2/h26-27,35,37,43,45,51,53,56-58,61-63H,3-25,28-34,36,38-42,44,46-50,52,54-55H2,1-2H3,(H,60,64)/b27-26-,37-35+,45-43+,53-51+. The van der Waals surface area contributed by atoms with Gasteiger partial charge in [0.2, 0.25) is 5.91 Å². The van der Waals surface area contributed by atoms with Gasteiger partial charge in [-0.3, -0.25) is 4.79 Å². The smallest absolute Gasteiger partial charge is 0.249 e. The van der Waals surface area contributed by atoms with Crippen LogP contribution in [0, 0.1) is 0 Å². The summed E-state index contributed by atoms with van der Waals surface area (Å²) in [5.74, 6) is -0.514. The summed E-state index contributed by atoms with van der Waals surface area (Å²) in [7, 11) is 0. The Hall–Kier alpha value is -1.69. The molecule has 0 heterocycles. The molecule has 376 valence electrons. The van der Waals surface area contributed by atoms with Gasteiger partial charge in [0.25, 0.3) is 0 Å². The summed E-state index contributed by atoms with van der Waals surface area (Å²) >= 11 is 0. The topological polar surface area (TPSA) is 89.8 Å². The van der Waals surface area contributed by atoms with E-state index in [9.17, 15) is 20.1 Å². The summed E-state index contributed by atoms with van der Waals surface area (Å²) in [6, 6.07) is -0.822. The van der Waals surface area contributed by atoms with E-state index >= 15 is 0 Å². The van der Waals surface area contributed by atoms with Crippen LogP contribution in [0.15, 0.2) is 48.6 Å². The molecule has 0 spiro atoms. The van der Waals surface area contributed by atoms with Crippen molar-refractivity contribution in [2.45, 2.75) is 315 Å². The van der Waals surface area contributed by atoms with Crippen LogP contribution in [-0.4, -0.2) is 46.1 Å². The van der Waals surface area contributed by atoms with Gasteiger partial charge in [-0.1, -0.05) is 274 Å². The van der Waals surface area contributed by atoms with E-state index in [-0.39, 0.29) is 6.61 Å². The van der Waals surface area contributed by atoms with Gasteiger partial charge < -0.3 is 20.6 Å². The molecule has 3 unspecified atom stereocenters. The molecule has 5 nitrogen and oxygen atoms in total. The lowest BCUT2D eigenvalue weighted by Gasteiger charge is -2.21.